The van der Waals surface area contributed by atoms with Crippen LogP contribution < -0.4 is 5.32 Å². The van der Waals surface area contributed by atoms with Crippen LogP contribution in [0.1, 0.15) is 49.8 Å². The van der Waals surface area contributed by atoms with Crippen molar-refractivity contribution in [2.24, 2.45) is 0 Å². The van der Waals surface area contributed by atoms with Crippen LogP contribution in [0.5, 0.6) is 0 Å². The zero-order chi connectivity index (χ0) is 16.8. The SMILES string of the molecule is CCC[C@@H](C(=O)N[C@@H](C)c1ccc(F)c(F)c1)c1ccccc1. The maximum atomic E-state index is 13.3. The van der Waals surface area contributed by atoms with Gasteiger partial charge in [0.15, 0.2) is 11.6 Å². The van der Waals surface area contributed by atoms with E-state index in [1.54, 1.807) is 6.92 Å². The molecule has 0 unspecified atom stereocenters. The Balaban J connectivity index is 2.13. The number of amides is 1. The molecule has 0 aliphatic carbocycles. The smallest absolute Gasteiger partial charge is 0.228 e. The van der Waals surface area contributed by atoms with Crippen LogP contribution in [0.2, 0.25) is 0 Å². The van der Waals surface area contributed by atoms with Crippen molar-refractivity contribution >= 4 is 5.91 Å². The van der Waals surface area contributed by atoms with E-state index in [0.29, 0.717) is 5.56 Å². The second kappa shape index (κ2) is 7.86. The van der Waals surface area contributed by atoms with E-state index in [1.165, 1.54) is 6.07 Å². The molecule has 2 atom stereocenters. The molecule has 0 radical (unpaired) electrons. The summed E-state index contributed by atoms with van der Waals surface area (Å²) in [6.45, 7) is 3.79. The summed E-state index contributed by atoms with van der Waals surface area (Å²) in [7, 11) is 0. The van der Waals surface area contributed by atoms with Crippen LogP contribution in [0.25, 0.3) is 0 Å². The Hall–Kier alpha value is -2.23. The molecule has 0 aliphatic heterocycles. The van der Waals surface area contributed by atoms with Gasteiger partial charge >= 0.3 is 0 Å². The summed E-state index contributed by atoms with van der Waals surface area (Å²) in [5, 5.41) is 2.90. The molecule has 2 nitrogen and oxygen atoms in total. The van der Waals surface area contributed by atoms with Gasteiger partial charge in [-0.3, -0.25) is 4.79 Å². The minimum Gasteiger partial charge on any atom is -0.349 e. The lowest BCUT2D eigenvalue weighted by Gasteiger charge is -2.21. The maximum Gasteiger partial charge on any atom is 0.228 e. The number of carbonyl (C=O) groups excluding carboxylic acids is 1. The summed E-state index contributed by atoms with van der Waals surface area (Å²) in [4.78, 5) is 12.6. The van der Waals surface area contributed by atoms with Gasteiger partial charge in [-0.2, -0.15) is 0 Å². The lowest BCUT2D eigenvalue weighted by molar-refractivity contribution is -0.123. The summed E-state index contributed by atoms with van der Waals surface area (Å²) in [5.74, 6) is -2.14. The fourth-order valence-corrected chi connectivity index (χ4v) is 2.60. The fraction of sp³-hybridized carbons (Fsp3) is 0.316. The fourth-order valence-electron chi connectivity index (χ4n) is 2.60. The van der Waals surface area contributed by atoms with Crippen LogP contribution >= 0.6 is 0 Å². The van der Waals surface area contributed by atoms with Gasteiger partial charge in [0.05, 0.1) is 12.0 Å². The average Bonchev–Trinajstić information content (AvgIpc) is 2.55. The zero-order valence-corrected chi connectivity index (χ0v) is 13.4. The predicted octanol–water partition coefficient (Wildman–Crippen LogP) is 4.73. The third-order valence-electron chi connectivity index (χ3n) is 3.90. The van der Waals surface area contributed by atoms with E-state index in [0.717, 1.165) is 30.5 Å². The molecule has 23 heavy (non-hydrogen) atoms. The highest BCUT2D eigenvalue weighted by atomic mass is 19.2. The van der Waals surface area contributed by atoms with Gasteiger partial charge in [0, 0.05) is 0 Å². The van der Waals surface area contributed by atoms with Gasteiger partial charge in [-0.25, -0.2) is 8.78 Å². The summed E-state index contributed by atoms with van der Waals surface area (Å²) < 4.78 is 26.3. The lowest BCUT2D eigenvalue weighted by Crippen LogP contribution is -2.31. The van der Waals surface area contributed by atoms with Gasteiger partial charge < -0.3 is 5.32 Å². The molecule has 0 aromatic heterocycles. The molecule has 0 bridgehead atoms. The topological polar surface area (TPSA) is 29.1 Å². The van der Waals surface area contributed by atoms with Crippen molar-refractivity contribution in [1.82, 2.24) is 5.32 Å². The Kier molecular flexibility index (Phi) is 5.85. The molecule has 1 N–H and O–H groups in total. The van der Waals surface area contributed by atoms with Crippen molar-refractivity contribution in [3.8, 4) is 0 Å². The van der Waals surface area contributed by atoms with Gasteiger partial charge in [0.25, 0.3) is 0 Å². The number of benzene rings is 2. The molecule has 0 fully saturated rings. The lowest BCUT2D eigenvalue weighted by atomic mass is 9.93. The first-order valence-electron chi connectivity index (χ1n) is 7.83. The monoisotopic (exact) mass is 317 g/mol. The van der Waals surface area contributed by atoms with Crippen molar-refractivity contribution in [1.29, 1.82) is 0 Å². The minimum absolute atomic E-state index is 0.102. The molecule has 122 valence electrons. The van der Waals surface area contributed by atoms with E-state index >= 15 is 0 Å². The Morgan fingerprint density at radius 2 is 1.74 bits per heavy atom. The number of nitrogens with one attached hydrogen (secondary N) is 1. The number of hydrogen-bond donors (Lipinski definition) is 1. The van der Waals surface area contributed by atoms with E-state index in [2.05, 4.69) is 5.32 Å². The Labute approximate surface area is 135 Å². The molecule has 4 heteroatoms. The van der Waals surface area contributed by atoms with Crippen molar-refractivity contribution in [2.75, 3.05) is 0 Å². The molecule has 2 rings (SSSR count). The van der Waals surface area contributed by atoms with E-state index in [9.17, 15) is 13.6 Å². The van der Waals surface area contributed by atoms with Crippen LogP contribution in [-0.2, 0) is 4.79 Å². The molecule has 0 heterocycles. The van der Waals surface area contributed by atoms with Crippen molar-refractivity contribution in [3.05, 3.63) is 71.3 Å². The molecule has 0 spiro atoms. The number of hydrogen-bond acceptors (Lipinski definition) is 1. The van der Waals surface area contributed by atoms with E-state index in [4.69, 9.17) is 0 Å². The van der Waals surface area contributed by atoms with Crippen molar-refractivity contribution < 1.29 is 13.6 Å². The zero-order valence-electron chi connectivity index (χ0n) is 13.4. The van der Waals surface area contributed by atoms with Crippen molar-refractivity contribution in [2.45, 2.75) is 38.6 Å². The highest BCUT2D eigenvalue weighted by molar-refractivity contribution is 5.84. The molecule has 0 saturated heterocycles. The van der Waals surface area contributed by atoms with Gasteiger partial charge in [0.1, 0.15) is 0 Å². The highest BCUT2D eigenvalue weighted by Crippen LogP contribution is 2.23. The van der Waals surface area contributed by atoms with Crippen LogP contribution in [0.3, 0.4) is 0 Å². The Morgan fingerprint density at radius 3 is 2.35 bits per heavy atom. The van der Waals surface area contributed by atoms with Crippen LogP contribution in [0.15, 0.2) is 48.5 Å². The maximum absolute atomic E-state index is 13.3. The summed E-state index contributed by atoms with van der Waals surface area (Å²) in [6.07, 6.45) is 1.62. The summed E-state index contributed by atoms with van der Waals surface area (Å²) in [6, 6.07) is 12.9. The highest BCUT2D eigenvalue weighted by Gasteiger charge is 2.21. The molecule has 2 aromatic carbocycles. The van der Waals surface area contributed by atoms with E-state index in [-0.39, 0.29) is 17.9 Å². The number of rotatable bonds is 6. The predicted molar refractivity (Wildman–Crippen MR) is 87.0 cm³/mol. The third kappa shape index (κ3) is 4.38. The van der Waals surface area contributed by atoms with E-state index < -0.39 is 11.6 Å². The molecule has 0 aliphatic rings. The standard InChI is InChI=1S/C19H21F2NO/c1-3-7-16(14-8-5-4-6-9-14)19(23)22-13(2)15-10-11-17(20)18(21)12-15/h4-6,8-13,16H,3,7H2,1-2H3,(H,22,23)/t13-,16+/m0/s1. The molecule has 0 saturated carbocycles. The third-order valence-corrected chi connectivity index (χ3v) is 3.90. The Morgan fingerprint density at radius 1 is 1.04 bits per heavy atom. The molecule has 1 amide bonds. The van der Waals surface area contributed by atoms with Crippen molar-refractivity contribution in [3.63, 3.8) is 0 Å². The number of carbonyl (C=O) groups is 1. The van der Waals surface area contributed by atoms with Gasteiger partial charge in [-0.15, -0.1) is 0 Å². The molecule has 2 aromatic rings. The second-order valence-electron chi connectivity index (χ2n) is 5.66. The van der Waals surface area contributed by atoms with Crippen LogP contribution in [0, 0.1) is 11.6 Å². The first kappa shape index (κ1) is 17.1. The quantitative estimate of drug-likeness (QED) is 0.820. The summed E-state index contributed by atoms with van der Waals surface area (Å²) in [5.41, 5.74) is 1.50. The normalized spacial score (nSPS) is 13.4. The number of halogens is 2. The second-order valence-corrected chi connectivity index (χ2v) is 5.66. The van der Waals surface area contributed by atoms with E-state index in [1.807, 2.05) is 37.3 Å². The summed E-state index contributed by atoms with van der Waals surface area (Å²) >= 11 is 0. The largest absolute Gasteiger partial charge is 0.349 e. The van der Waals surface area contributed by atoms with Gasteiger partial charge in [-0.1, -0.05) is 49.7 Å². The molecular formula is C19H21F2NO. The first-order valence-corrected chi connectivity index (χ1v) is 7.83. The van der Waals surface area contributed by atoms with Gasteiger partial charge in [-0.05, 0) is 36.6 Å². The first-order chi connectivity index (χ1) is 11.0. The minimum atomic E-state index is -0.906. The average molecular weight is 317 g/mol. The molecular weight excluding hydrogens is 296 g/mol. The Bertz CT molecular complexity index is 658. The van der Waals surface area contributed by atoms with Crippen LogP contribution in [0.4, 0.5) is 8.78 Å². The van der Waals surface area contributed by atoms with Gasteiger partial charge in [0.2, 0.25) is 5.91 Å². The van der Waals surface area contributed by atoms with Crippen LogP contribution in [-0.4, -0.2) is 5.91 Å².